The first-order chi connectivity index (χ1) is 14.7. The fourth-order valence-electron chi connectivity index (χ4n) is 3.55. The van der Waals surface area contributed by atoms with Crippen LogP contribution in [0.1, 0.15) is 11.3 Å². The summed E-state index contributed by atoms with van der Waals surface area (Å²) in [5.74, 6) is 2.67. The fraction of sp³-hybridized carbons (Fsp3) is 0.217. The van der Waals surface area contributed by atoms with E-state index in [2.05, 4.69) is 10.3 Å². The summed E-state index contributed by atoms with van der Waals surface area (Å²) in [7, 11) is 1.63. The molecule has 2 aromatic heterocycles. The lowest BCUT2D eigenvalue weighted by molar-refractivity contribution is -0.126. The van der Waals surface area contributed by atoms with Crippen molar-refractivity contribution in [1.29, 1.82) is 0 Å². The van der Waals surface area contributed by atoms with Gasteiger partial charge in [-0.15, -0.1) is 11.3 Å². The van der Waals surface area contributed by atoms with E-state index in [1.165, 1.54) is 0 Å². The number of furan rings is 1. The van der Waals surface area contributed by atoms with Crippen LogP contribution in [-0.2, 0) is 17.8 Å². The molecule has 1 atom stereocenters. The number of para-hydroxylation sites is 1. The molecule has 0 fully saturated rings. The van der Waals surface area contributed by atoms with Crippen LogP contribution < -0.4 is 14.8 Å². The fourth-order valence-corrected chi connectivity index (χ4v) is 4.48. The zero-order chi connectivity index (χ0) is 20.5. The molecule has 30 heavy (non-hydrogen) atoms. The van der Waals surface area contributed by atoms with E-state index in [0.29, 0.717) is 31.1 Å². The number of carbonyl (C=O) groups is 1. The van der Waals surface area contributed by atoms with Crippen molar-refractivity contribution in [3.8, 4) is 22.3 Å². The lowest BCUT2D eigenvalue weighted by Gasteiger charge is -2.24. The molecule has 1 unspecified atom stereocenters. The number of thiazole rings is 1. The molecule has 152 valence electrons. The van der Waals surface area contributed by atoms with Crippen LogP contribution in [0.2, 0.25) is 0 Å². The number of nitrogens with one attached hydrogen (secondary N) is 1. The summed E-state index contributed by atoms with van der Waals surface area (Å²) >= 11 is 1.59. The van der Waals surface area contributed by atoms with Gasteiger partial charge in [0.2, 0.25) is 5.91 Å². The Morgan fingerprint density at radius 3 is 3.00 bits per heavy atom. The van der Waals surface area contributed by atoms with Gasteiger partial charge in [0.15, 0.2) is 10.8 Å². The highest BCUT2D eigenvalue weighted by Crippen LogP contribution is 2.32. The number of amides is 1. The first-order valence-electron chi connectivity index (χ1n) is 9.71. The van der Waals surface area contributed by atoms with Crippen LogP contribution in [0.5, 0.6) is 11.5 Å². The van der Waals surface area contributed by atoms with Gasteiger partial charge >= 0.3 is 0 Å². The van der Waals surface area contributed by atoms with Gasteiger partial charge in [-0.2, -0.15) is 0 Å². The van der Waals surface area contributed by atoms with Crippen molar-refractivity contribution in [3.63, 3.8) is 0 Å². The second-order valence-electron chi connectivity index (χ2n) is 7.16. The molecule has 0 aliphatic carbocycles. The van der Waals surface area contributed by atoms with E-state index in [1.807, 2.05) is 54.6 Å². The predicted molar refractivity (Wildman–Crippen MR) is 115 cm³/mol. The third-order valence-electron chi connectivity index (χ3n) is 5.15. The van der Waals surface area contributed by atoms with Crippen LogP contribution in [0.25, 0.3) is 21.0 Å². The van der Waals surface area contributed by atoms with Gasteiger partial charge in [-0.25, -0.2) is 4.98 Å². The normalized spacial score (nSPS) is 15.4. The number of hydrogen-bond donors (Lipinski definition) is 1. The highest BCUT2D eigenvalue weighted by molar-refractivity contribution is 7.21. The molecule has 0 saturated carbocycles. The number of aromatic nitrogens is 1. The summed E-state index contributed by atoms with van der Waals surface area (Å²) in [6, 6.07) is 17.4. The summed E-state index contributed by atoms with van der Waals surface area (Å²) in [5, 5.41) is 3.79. The molecule has 1 amide bonds. The molecule has 3 heterocycles. The quantitative estimate of drug-likeness (QED) is 0.517. The molecule has 1 N–H and O–H groups in total. The number of benzene rings is 2. The van der Waals surface area contributed by atoms with E-state index in [9.17, 15) is 4.79 Å². The molecule has 2 aromatic carbocycles. The average Bonchev–Trinajstić information content (AvgIpc) is 3.43. The Labute approximate surface area is 177 Å². The van der Waals surface area contributed by atoms with Gasteiger partial charge in [0.25, 0.3) is 0 Å². The van der Waals surface area contributed by atoms with Crippen LogP contribution in [0.15, 0.2) is 59.0 Å². The first kappa shape index (κ1) is 18.7. The highest BCUT2D eigenvalue weighted by Gasteiger charge is 2.26. The van der Waals surface area contributed by atoms with Crippen LogP contribution in [0, 0.1) is 5.92 Å². The molecule has 0 saturated heterocycles. The Kier molecular flexibility index (Phi) is 4.88. The van der Waals surface area contributed by atoms with Crippen molar-refractivity contribution >= 4 is 27.5 Å². The second-order valence-corrected chi connectivity index (χ2v) is 8.19. The maximum absolute atomic E-state index is 12.7. The summed E-state index contributed by atoms with van der Waals surface area (Å²) in [4.78, 5) is 17.3. The Morgan fingerprint density at radius 2 is 2.13 bits per heavy atom. The van der Waals surface area contributed by atoms with Crippen LogP contribution in [-0.4, -0.2) is 24.6 Å². The van der Waals surface area contributed by atoms with Crippen LogP contribution in [0.3, 0.4) is 0 Å². The average molecular weight is 420 g/mol. The molecule has 6 nitrogen and oxygen atoms in total. The summed E-state index contributed by atoms with van der Waals surface area (Å²) in [6.45, 7) is 0.686. The van der Waals surface area contributed by atoms with Crippen molar-refractivity contribution in [3.05, 3.63) is 65.9 Å². The third-order valence-corrected chi connectivity index (χ3v) is 6.20. The van der Waals surface area contributed by atoms with E-state index in [0.717, 1.165) is 32.3 Å². The van der Waals surface area contributed by atoms with Gasteiger partial charge in [-0.05, 0) is 54.4 Å². The Hall–Kier alpha value is -3.32. The van der Waals surface area contributed by atoms with Gasteiger partial charge in [0.05, 0.1) is 29.8 Å². The molecule has 1 aliphatic rings. The van der Waals surface area contributed by atoms with E-state index in [-0.39, 0.29) is 11.8 Å². The molecule has 4 aromatic rings. The SMILES string of the molecule is COc1ccc2c(c1)CC(C(=O)NCc1ccc(-c3nc4ccccc4s3)o1)CO2. The molecule has 1 aliphatic heterocycles. The Morgan fingerprint density at radius 1 is 1.23 bits per heavy atom. The van der Waals surface area contributed by atoms with E-state index in [4.69, 9.17) is 13.9 Å². The van der Waals surface area contributed by atoms with E-state index in [1.54, 1.807) is 18.4 Å². The minimum Gasteiger partial charge on any atom is -0.497 e. The second kappa shape index (κ2) is 7.84. The van der Waals surface area contributed by atoms with Gasteiger partial charge < -0.3 is 19.2 Å². The van der Waals surface area contributed by atoms with Crippen molar-refractivity contribution in [2.45, 2.75) is 13.0 Å². The third kappa shape index (κ3) is 3.64. The predicted octanol–water partition coefficient (Wildman–Crippen LogP) is 4.43. The minimum atomic E-state index is -0.247. The highest BCUT2D eigenvalue weighted by atomic mass is 32.1. The largest absolute Gasteiger partial charge is 0.497 e. The molecule has 7 heteroatoms. The first-order valence-corrected chi connectivity index (χ1v) is 10.5. The van der Waals surface area contributed by atoms with Crippen molar-refractivity contribution in [2.75, 3.05) is 13.7 Å². The topological polar surface area (TPSA) is 73.6 Å². The number of ether oxygens (including phenoxy) is 2. The Balaban J connectivity index is 1.23. The maximum Gasteiger partial charge on any atom is 0.227 e. The van der Waals surface area contributed by atoms with Crippen LogP contribution in [0.4, 0.5) is 0 Å². The molecule has 0 bridgehead atoms. The van der Waals surface area contributed by atoms with Crippen LogP contribution >= 0.6 is 11.3 Å². The smallest absolute Gasteiger partial charge is 0.227 e. The molecular formula is C23H20N2O4S. The monoisotopic (exact) mass is 420 g/mol. The van der Waals surface area contributed by atoms with Gasteiger partial charge in [-0.3, -0.25) is 4.79 Å². The van der Waals surface area contributed by atoms with Gasteiger partial charge in [-0.1, -0.05) is 12.1 Å². The number of carbonyl (C=O) groups excluding carboxylic acids is 1. The minimum absolute atomic E-state index is 0.0543. The summed E-state index contributed by atoms with van der Waals surface area (Å²) in [5.41, 5.74) is 1.94. The standard InChI is InChI=1S/C23H20N2O4S/c1-27-16-6-8-19-14(11-16)10-15(13-28-19)22(26)24-12-17-7-9-20(29-17)23-25-18-4-2-3-5-21(18)30-23/h2-9,11,15H,10,12-13H2,1H3,(H,24,26). The van der Waals surface area contributed by atoms with Crippen molar-refractivity contribution in [2.24, 2.45) is 5.92 Å². The zero-order valence-electron chi connectivity index (χ0n) is 16.4. The van der Waals surface area contributed by atoms with E-state index >= 15 is 0 Å². The zero-order valence-corrected chi connectivity index (χ0v) is 17.2. The number of methoxy groups -OCH3 is 1. The number of nitrogens with zero attached hydrogens (tertiary/aromatic N) is 1. The summed E-state index contributed by atoms with van der Waals surface area (Å²) < 4.78 is 18.0. The molecule has 5 rings (SSSR count). The van der Waals surface area contributed by atoms with Gasteiger partial charge in [0.1, 0.15) is 23.9 Å². The van der Waals surface area contributed by atoms with Crippen molar-refractivity contribution in [1.82, 2.24) is 10.3 Å². The Bertz CT molecular complexity index is 1180. The summed E-state index contributed by atoms with van der Waals surface area (Å²) in [6.07, 6.45) is 0.619. The molecular weight excluding hydrogens is 400 g/mol. The maximum atomic E-state index is 12.7. The number of fused-ring (bicyclic) bond motifs is 2. The lowest BCUT2D eigenvalue weighted by atomic mass is 9.96. The molecule has 0 radical (unpaired) electrons. The van der Waals surface area contributed by atoms with Gasteiger partial charge in [0, 0.05) is 0 Å². The van der Waals surface area contributed by atoms with E-state index < -0.39 is 0 Å². The number of hydrogen-bond acceptors (Lipinski definition) is 6. The molecule has 0 spiro atoms. The van der Waals surface area contributed by atoms with Crippen molar-refractivity contribution < 1.29 is 18.7 Å². The lowest BCUT2D eigenvalue weighted by Crippen LogP contribution is -2.36. The number of rotatable bonds is 5.